The highest BCUT2D eigenvalue weighted by atomic mass is 16.3. The fourth-order valence-electron chi connectivity index (χ4n) is 8.86. The molecule has 1 N–H and O–H groups in total. The Labute approximate surface area is 327 Å². The summed E-state index contributed by atoms with van der Waals surface area (Å²) in [7, 11) is 0. The monoisotopic (exact) mass is 733 g/mol. The first-order valence-corrected chi connectivity index (χ1v) is 19.3. The van der Waals surface area contributed by atoms with Gasteiger partial charge < -0.3 is 29.0 Å². The van der Waals surface area contributed by atoms with E-state index >= 15 is 0 Å². The lowest BCUT2D eigenvalue weighted by atomic mass is 9.97. The Morgan fingerprint density at radius 2 is 1.12 bits per heavy atom. The van der Waals surface area contributed by atoms with Gasteiger partial charge in [0.2, 0.25) is 0 Å². The van der Waals surface area contributed by atoms with Gasteiger partial charge in [0.25, 0.3) is 0 Å². The van der Waals surface area contributed by atoms with Crippen molar-refractivity contribution in [3.63, 3.8) is 0 Å². The Morgan fingerprint density at radius 3 is 1.89 bits per heavy atom. The molecule has 57 heavy (non-hydrogen) atoms. The SMILES string of the molecule is c1ccc(C2N=C(c3ccc4c(c3)oc3cccc(-c5cccc6c5oc5cccc(-n7c8ccccc8c8ccccc87)c56)c34)[N-]C(c3ccccc3)N2)cc1. The van der Waals surface area contributed by atoms with Crippen LogP contribution in [0, 0.1) is 0 Å². The van der Waals surface area contributed by atoms with E-state index in [4.69, 9.17) is 19.1 Å². The first kappa shape index (κ1) is 31.9. The van der Waals surface area contributed by atoms with Gasteiger partial charge in [-0.1, -0.05) is 145 Å². The fraction of sp³-hybridized carbons (Fsp3) is 0.0392. The van der Waals surface area contributed by atoms with Crippen molar-refractivity contribution in [2.45, 2.75) is 12.3 Å². The van der Waals surface area contributed by atoms with Gasteiger partial charge in [-0.15, -0.1) is 0 Å². The molecule has 4 heterocycles. The van der Waals surface area contributed by atoms with Crippen molar-refractivity contribution < 1.29 is 8.83 Å². The van der Waals surface area contributed by atoms with Gasteiger partial charge in [0, 0.05) is 44.8 Å². The maximum Gasteiger partial charge on any atom is 0.143 e. The van der Waals surface area contributed by atoms with E-state index < -0.39 is 0 Å². The molecule has 6 nitrogen and oxygen atoms in total. The number of furan rings is 2. The lowest BCUT2D eigenvalue weighted by Crippen LogP contribution is -2.31. The summed E-state index contributed by atoms with van der Waals surface area (Å²) in [6.07, 6.45) is -0.497. The van der Waals surface area contributed by atoms with Crippen molar-refractivity contribution in [2.75, 3.05) is 0 Å². The summed E-state index contributed by atoms with van der Waals surface area (Å²) in [6, 6.07) is 63.4. The second-order valence-corrected chi connectivity index (χ2v) is 14.7. The minimum absolute atomic E-state index is 0.248. The number of hydrogen-bond donors (Lipinski definition) is 1. The Bertz CT molecular complexity index is 3320. The Balaban J connectivity index is 1.01. The number of rotatable bonds is 5. The third-order valence-corrected chi connectivity index (χ3v) is 11.4. The minimum atomic E-state index is -0.248. The zero-order chi connectivity index (χ0) is 37.5. The molecular formula is C51H33N4O2-. The quantitative estimate of drug-likeness (QED) is 0.191. The van der Waals surface area contributed by atoms with Crippen LogP contribution >= 0.6 is 0 Å². The maximum atomic E-state index is 6.85. The second-order valence-electron chi connectivity index (χ2n) is 14.7. The first-order valence-electron chi connectivity index (χ1n) is 19.3. The Kier molecular flexibility index (Phi) is 7.03. The first-order chi connectivity index (χ1) is 28.3. The van der Waals surface area contributed by atoms with Crippen LogP contribution in [0.25, 0.3) is 87.8 Å². The van der Waals surface area contributed by atoms with E-state index in [0.717, 1.165) is 77.4 Å². The summed E-state index contributed by atoms with van der Waals surface area (Å²) in [4.78, 5) is 5.12. The second kappa shape index (κ2) is 12.6. The highest BCUT2D eigenvalue weighted by Gasteiger charge is 2.22. The molecule has 0 radical (unpaired) electrons. The highest BCUT2D eigenvalue weighted by Crippen LogP contribution is 2.44. The molecule has 1 aliphatic heterocycles. The predicted molar refractivity (Wildman–Crippen MR) is 232 cm³/mol. The van der Waals surface area contributed by atoms with Crippen LogP contribution in [-0.2, 0) is 0 Å². The van der Waals surface area contributed by atoms with Gasteiger partial charge >= 0.3 is 0 Å². The van der Waals surface area contributed by atoms with Crippen molar-refractivity contribution in [1.82, 2.24) is 9.88 Å². The maximum absolute atomic E-state index is 6.85. The average molecular weight is 734 g/mol. The van der Waals surface area contributed by atoms with Crippen molar-refractivity contribution in [3.05, 3.63) is 204 Å². The van der Waals surface area contributed by atoms with E-state index in [1.54, 1.807) is 0 Å². The van der Waals surface area contributed by atoms with Gasteiger partial charge in [0.15, 0.2) is 0 Å². The summed E-state index contributed by atoms with van der Waals surface area (Å²) in [5.74, 6) is 0.685. The normalized spacial score (nSPS) is 15.9. The zero-order valence-corrected chi connectivity index (χ0v) is 30.6. The molecule has 0 fully saturated rings. The van der Waals surface area contributed by atoms with Crippen LogP contribution in [0.1, 0.15) is 29.0 Å². The van der Waals surface area contributed by atoms with E-state index in [2.05, 4.69) is 149 Å². The lowest BCUT2D eigenvalue weighted by molar-refractivity contribution is 0.488. The molecule has 2 atom stereocenters. The molecule has 270 valence electrons. The number of benzene rings is 8. The summed E-state index contributed by atoms with van der Waals surface area (Å²) in [5, 5.41) is 15.4. The Hall–Kier alpha value is -7.41. The van der Waals surface area contributed by atoms with Crippen LogP contribution in [-0.4, -0.2) is 10.4 Å². The molecule has 2 unspecified atom stereocenters. The molecule has 6 heteroatoms. The third-order valence-electron chi connectivity index (χ3n) is 11.4. The molecular weight excluding hydrogens is 701 g/mol. The summed E-state index contributed by atoms with van der Waals surface area (Å²) >= 11 is 0. The van der Waals surface area contributed by atoms with Crippen LogP contribution < -0.4 is 5.32 Å². The molecule has 0 aliphatic carbocycles. The number of hydrogen-bond acceptors (Lipinski definition) is 4. The van der Waals surface area contributed by atoms with Gasteiger partial charge in [-0.25, -0.2) is 0 Å². The third kappa shape index (κ3) is 4.98. The molecule has 1 aliphatic rings. The van der Waals surface area contributed by atoms with Crippen LogP contribution in [0.15, 0.2) is 196 Å². The van der Waals surface area contributed by atoms with Crippen LogP contribution in [0.4, 0.5) is 0 Å². The van der Waals surface area contributed by atoms with Gasteiger partial charge in [0.1, 0.15) is 22.3 Å². The van der Waals surface area contributed by atoms with E-state index in [9.17, 15) is 0 Å². The summed E-state index contributed by atoms with van der Waals surface area (Å²) in [5.41, 5.74) is 11.9. The smallest absolute Gasteiger partial charge is 0.143 e. The molecule has 0 saturated carbocycles. The summed E-state index contributed by atoms with van der Waals surface area (Å²) < 4.78 is 15.9. The van der Waals surface area contributed by atoms with Gasteiger partial charge in [-0.3, -0.25) is 0 Å². The van der Waals surface area contributed by atoms with Crippen molar-refractivity contribution in [1.29, 1.82) is 0 Å². The molecule has 0 spiro atoms. The number of para-hydroxylation sites is 3. The van der Waals surface area contributed by atoms with E-state index in [0.29, 0.717) is 5.84 Å². The molecule has 3 aromatic heterocycles. The lowest BCUT2D eigenvalue weighted by Gasteiger charge is -2.40. The number of nitrogens with zero attached hydrogens (tertiary/aromatic N) is 3. The molecule has 0 saturated heterocycles. The molecule has 11 aromatic rings. The molecule has 0 amide bonds. The fourth-order valence-corrected chi connectivity index (χ4v) is 8.86. The largest absolute Gasteiger partial charge is 0.456 e. The molecule has 12 rings (SSSR count). The van der Waals surface area contributed by atoms with Crippen molar-refractivity contribution in [3.8, 4) is 16.8 Å². The Morgan fingerprint density at radius 1 is 0.491 bits per heavy atom. The number of aromatic nitrogens is 1. The topological polar surface area (TPSA) is 69.7 Å². The number of aliphatic imine (C=N–C) groups is 1. The molecule has 8 aromatic carbocycles. The van der Waals surface area contributed by atoms with E-state index in [-0.39, 0.29) is 12.3 Å². The van der Waals surface area contributed by atoms with Gasteiger partial charge in [0.05, 0.1) is 22.1 Å². The van der Waals surface area contributed by atoms with Crippen LogP contribution in [0.3, 0.4) is 0 Å². The highest BCUT2D eigenvalue weighted by molar-refractivity contribution is 6.20. The average Bonchev–Trinajstić information content (AvgIpc) is 3.96. The van der Waals surface area contributed by atoms with Crippen molar-refractivity contribution in [2.24, 2.45) is 4.99 Å². The number of amidine groups is 1. The van der Waals surface area contributed by atoms with E-state index in [1.807, 2.05) is 42.5 Å². The van der Waals surface area contributed by atoms with Crippen LogP contribution in [0.2, 0.25) is 0 Å². The zero-order valence-electron chi connectivity index (χ0n) is 30.6. The van der Waals surface area contributed by atoms with Crippen LogP contribution in [0.5, 0.6) is 0 Å². The minimum Gasteiger partial charge on any atom is -0.456 e. The predicted octanol–water partition coefficient (Wildman–Crippen LogP) is 13.4. The van der Waals surface area contributed by atoms with Gasteiger partial charge in [-0.2, -0.15) is 0 Å². The van der Waals surface area contributed by atoms with Gasteiger partial charge in [-0.05, 0) is 64.7 Å². The summed E-state index contributed by atoms with van der Waals surface area (Å²) in [6.45, 7) is 0. The number of fused-ring (bicyclic) bond motifs is 9. The van der Waals surface area contributed by atoms with E-state index in [1.165, 1.54) is 21.8 Å². The van der Waals surface area contributed by atoms with Crippen molar-refractivity contribution >= 4 is 71.5 Å². The number of nitrogens with one attached hydrogen (secondary N) is 1. The molecule has 0 bridgehead atoms. The standard InChI is InChI=1S/C51H33N4O2/c1-3-14-31(15-4-1)49-52-50(32-16-5-2-6-17-32)54-51(53-49)33-28-29-38-45(30-33)56-43-26-12-20-36(46(38)43)37-21-11-22-39-47-42(25-13-27-44(47)57-48(37)39)55-40-23-9-7-18-34(40)35-19-8-10-24-41(35)55/h1-30,49-50,52H/q-1.